The van der Waals surface area contributed by atoms with Gasteiger partial charge >= 0.3 is 5.97 Å². The van der Waals surface area contributed by atoms with E-state index in [9.17, 15) is 9.59 Å². The second-order valence-corrected chi connectivity index (χ2v) is 12.6. The van der Waals surface area contributed by atoms with E-state index in [2.05, 4.69) is 10.3 Å². The Bertz CT molecular complexity index is 1650. The number of aryl methyl sites for hydroxylation is 3. The van der Waals surface area contributed by atoms with Gasteiger partial charge in [-0.3, -0.25) is 14.9 Å². The molecule has 0 unspecified atom stereocenters. The first-order valence-corrected chi connectivity index (χ1v) is 15.8. The van der Waals surface area contributed by atoms with Crippen molar-refractivity contribution in [3.63, 3.8) is 0 Å². The summed E-state index contributed by atoms with van der Waals surface area (Å²) in [5, 5.41) is 4.79. The Kier molecular flexibility index (Phi) is 9.62. The Hall–Kier alpha value is -3.56. The number of amides is 1. The van der Waals surface area contributed by atoms with Gasteiger partial charge in [0.2, 0.25) is 0 Å². The molecule has 1 amide bonds. The van der Waals surface area contributed by atoms with Crippen molar-refractivity contribution in [2.24, 2.45) is 5.92 Å². The SMILES string of the molecule is COC(=O)Cc1c(C(=O)Nc2nc(-c3cc(OC)c(Cl)cc3OC)c(CCC3CCCCC3)s2)[nH]c2ccc(C)c(C)c12. The Balaban J connectivity index is 1.53. The van der Waals surface area contributed by atoms with Gasteiger partial charge < -0.3 is 19.2 Å². The van der Waals surface area contributed by atoms with Gasteiger partial charge in [0.1, 0.15) is 17.2 Å². The van der Waals surface area contributed by atoms with Crippen LogP contribution in [0.4, 0.5) is 5.13 Å². The lowest BCUT2D eigenvalue weighted by Gasteiger charge is -2.21. The van der Waals surface area contributed by atoms with Crippen LogP contribution >= 0.6 is 22.9 Å². The number of benzene rings is 2. The van der Waals surface area contributed by atoms with Crippen LogP contribution in [0, 0.1) is 19.8 Å². The van der Waals surface area contributed by atoms with Crippen molar-refractivity contribution in [3.05, 3.63) is 56.5 Å². The molecule has 2 aromatic carbocycles. The fourth-order valence-corrected chi connectivity index (χ4v) is 7.25. The standard InChI is InChI=1S/C33H38ClN3O5S/c1-18-11-13-24-29(19(18)2)22(16-28(38)42-5)31(35-24)32(39)37-33-36-30(21-15-26(41-4)23(34)17-25(21)40-3)27(43-33)14-12-20-9-7-6-8-10-20/h11,13,15,17,20,35H,6-10,12,14,16H2,1-5H3,(H,36,37,39). The highest BCUT2D eigenvalue weighted by Crippen LogP contribution is 2.43. The number of hydrogen-bond acceptors (Lipinski definition) is 7. The third kappa shape index (κ3) is 6.53. The average molecular weight is 624 g/mol. The highest BCUT2D eigenvalue weighted by Gasteiger charge is 2.25. The van der Waals surface area contributed by atoms with Crippen molar-refractivity contribution >= 4 is 50.8 Å². The summed E-state index contributed by atoms with van der Waals surface area (Å²) >= 11 is 7.87. The van der Waals surface area contributed by atoms with Gasteiger partial charge in [0.15, 0.2) is 5.13 Å². The van der Waals surface area contributed by atoms with Crippen molar-refractivity contribution in [1.82, 2.24) is 9.97 Å². The molecule has 0 saturated heterocycles. The van der Waals surface area contributed by atoms with Gasteiger partial charge in [-0.25, -0.2) is 4.98 Å². The number of aromatic amines is 1. The van der Waals surface area contributed by atoms with Crippen LogP contribution in [-0.2, 0) is 22.4 Å². The van der Waals surface area contributed by atoms with Crippen LogP contribution in [0.5, 0.6) is 11.5 Å². The number of ether oxygens (including phenoxy) is 3. The van der Waals surface area contributed by atoms with Gasteiger partial charge in [-0.05, 0) is 55.9 Å². The first-order valence-electron chi connectivity index (χ1n) is 14.6. The number of nitrogens with zero attached hydrogens (tertiary/aromatic N) is 1. The normalized spacial score (nSPS) is 13.7. The van der Waals surface area contributed by atoms with E-state index >= 15 is 0 Å². The topological polar surface area (TPSA) is 103 Å². The zero-order chi connectivity index (χ0) is 30.7. The van der Waals surface area contributed by atoms with E-state index in [1.807, 2.05) is 32.0 Å². The zero-order valence-corrected chi connectivity index (χ0v) is 26.9. The number of aromatic nitrogens is 2. The summed E-state index contributed by atoms with van der Waals surface area (Å²) in [7, 11) is 4.52. The van der Waals surface area contributed by atoms with E-state index in [0.29, 0.717) is 38.8 Å². The van der Waals surface area contributed by atoms with Gasteiger partial charge in [-0.1, -0.05) is 49.8 Å². The van der Waals surface area contributed by atoms with Crippen molar-refractivity contribution in [2.45, 2.75) is 65.2 Å². The predicted octanol–water partition coefficient (Wildman–Crippen LogP) is 8.06. The van der Waals surface area contributed by atoms with Gasteiger partial charge in [-0.15, -0.1) is 11.3 Å². The van der Waals surface area contributed by atoms with Crippen LogP contribution in [0.15, 0.2) is 24.3 Å². The molecule has 0 radical (unpaired) electrons. The molecule has 43 heavy (non-hydrogen) atoms. The van der Waals surface area contributed by atoms with Crippen molar-refractivity contribution < 1.29 is 23.8 Å². The minimum Gasteiger partial charge on any atom is -0.496 e. The lowest BCUT2D eigenvalue weighted by Crippen LogP contribution is -2.16. The average Bonchev–Trinajstić information content (AvgIpc) is 3.59. The number of anilines is 1. The molecular formula is C33H38ClN3O5S. The Morgan fingerprint density at radius 3 is 2.51 bits per heavy atom. The smallest absolute Gasteiger partial charge is 0.310 e. The van der Waals surface area contributed by atoms with E-state index in [-0.39, 0.29) is 12.3 Å². The Morgan fingerprint density at radius 2 is 1.81 bits per heavy atom. The van der Waals surface area contributed by atoms with E-state index < -0.39 is 5.97 Å². The molecule has 0 spiro atoms. The second kappa shape index (κ2) is 13.4. The van der Waals surface area contributed by atoms with Gasteiger partial charge in [0, 0.05) is 33.0 Å². The van der Waals surface area contributed by atoms with Crippen LogP contribution in [0.1, 0.15) is 70.6 Å². The van der Waals surface area contributed by atoms with Crippen molar-refractivity contribution in [2.75, 3.05) is 26.6 Å². The molecule has 8 nitrogen and oxygen atoms in total. The summed E-state index contributed by atoms with van der Waals surface area (Å²) in [5.41, 5.74) is 5.29. The number of H-pyrrole nitrogens is 1. The van der Waals surface area contributed by atoms with Crippen LogP contribution in [0.3, 0.4) is 0 Å². The van der Waals surface area contributed by atoms with Crippen LogP contribution in [0.2, 0.25) is 5.02 Å². The molecule has 2 heterocycles. The molecule has 0 bridgehead atoms. The number of nitrogens with one attached hydrogen (secondary N) is 2. The maximum atomic E-state index is 13.8. The molecule has 2 aromatic heterocycles. The molecule has 10 heteroatoms. The van der Waals surface area contributed by atoms with E-state index in [4.69, 9.17) is 30.8 Å². The number of carbonyl (C=O) groups excluding carboxylic acids is 2. The maximum Gasteiger partial charge on any atom is 0.310 e. The monoisotopic (exact) mass is 623 g/mol. The van der Waals surface area contributed by atoms with Crippen molar-refractivity contribution in [1.29, 1.82) is 0 Å². The van der Waals surface area contributed by atoms with Gasteiger partial charge in [-0.2, -0.15) is 0 Å². The van der Waals surface area contributed by atoms with Gasteiger partial charge in [0.05, 0.1) is 38.5 Å². The minimum atomic E-state index is -0.416. The lowest BCUT2D eigenvalue weighted by molar-refractivity contribution is -0.139. The third-order valence-electron chi connectivity index (χ3n) is 8.53. The zero-order valence-electron chi connectivity index (χ0n) is 25.3. The summed E-state index contributed by atoms with van der Waals surface area (Å²) in [4.78, 5) is 35.4. The van der Waals surface area contributed by atoms with E-state index in [1.165, 1.54) is 50.6 Å². The summed E-state index contributed by atoms with van der Waals surface area (Å²) < 4.78 is 16.2. The first-order chi connectivity index (χ1) is 20.7. The number of methoxy groups -OCH3 is 3. The molecule has 228 valence electrons. The lowest BCUT2D eigenvalue weighted by atomic mass is 9.86. The predicted molar refractivity (Wildman–Crippen MR) is 172 cm³/mol. The quantitative estimate of drug-likeness (QED) is 0.173. The largest absolute Gasteiger partial charge is 0.496 e. The highest BCUT2D eigenvalue weighted by atomic mass is 35.5. The first kappa shape index (κ1) is 30.9. The number of carbonyl (C=O) groups is 2. The van der Waals surface area contributed by atoms with E-state index in [0.717, 1.165) is 51.0 Å². The summed E-state index contributed by atoms with van der Waals surface area (Å²) in [5.74, 6) is 0.996. The number of halogens is 1. The second-order valence-electron chi connectivity index (χ2n) is 11.1. The number of fused-ring (bicyclic) bond motifs is 1. The molecule has 1 fully saturated rings. The minimum absolute atomic E-state index is 0.0267. The van der Waals surface area contributed by atoms with E-state index in [1.54, 1.807) is 20.3 Å². The number of rotatable bonds is 10. The number of esters is 1. The molecular weight excluding hydrogens is 586 g/mol. The Labute approximate surface area is 261 Å². The summed E-state index contributed by atoms with van der Waals surface area (Å²) in [6.07, 6.45) is 8.23. The molecule has 1 saturated carbocycles. The van der Waals surface area contributed by atoms with Crippen LogP contribution in [0.25, 0.3) is 22.2 Å². The number of hydrogen-bond donors (Lipinski definition) is 2. The maximum absolute atomic E-state index is 13.8. The third-order valence-corrected chi connectivity index (χ3v) is 9.85. The number of thiazole rings is 1. The summed E-state index contributed by atoms with van der Waals surface area (Å²) in [6, 6.07) is 7.49. The molecule has 0 aliphatic heterocycles. The van der Waals surface area contributed by atoms with Crippen LogP contribution in [-0.4, -0.2) is 43.2 Å². The Morgan fingerprint density at radius 1 is 1.07 bits per heavy atom. The molecule has 1 aliphatic rings. The molecule has 1 aliphatic carbocycles. The van der Waals surface area contributed by atoms with Crippen molar-refractivity contribution in [3.8, 4) is 22.8 Å². The summed E-state index contributed by atoms with van der Waals surface area (Å²) in [6.45, 7) is 4.00. The molecule has 5 rings (SSSR count). The molecule has 2 N–H and O–H groups in total. The molecule has 4 aromatic rings. The fraction of sp³-hybridized carbons (Fsp3) is 0.424. The van der Waals surface area contributed by atoms with Crippen LogP contribution < -0.4 is 14.8 Å². The highest BCUT2D eigenvalue weighted by molar-refractivity contribution is 7.16. The molecule has 0 atom stereocenters. The fourth-order valence-electron chi connectivity index (χ4n) is 6.03. The van der Waals surface area contributed by atoms with Gasteiger partial charge in [0.25, 0.3) is 5.91 Å².